The standard InChI is InChI=1S/C17H22O5/c1-11-5-4-6-12(9-11)17-16(20,14(19)13(10-18)21-17)15(22-17)7-2-3-8-15/h4-6,9,13-14,18-20H,2-3,7-8,10H2,1H3/t13-,14+,16+,17?/m0/s1. The summed E-state index contributed by atoms with van der Waals surface area (Å²) in [4.78, 5) is 0. The summed E-state index contributed by atoms with van der Waals surface area (Å²) in [5, 5.41) is 31.6. The second-order valence-corrected chi connectivity index (χ2v) is 6.84. The Morgan fingerprint density at radius 3 is 2.64 bits per heavy atom. The number of aliphatic hydroxyl groups excluding tert-OH is 2. The fraction of sp³-hybridized carbons (Fsp3) is 0.647. The number of benzene rings is 1. The average molecular weight is 306 g/mol. The fourth-order valence-electron chi connectivity index (χ4n) is 4.57. The van der Waals surface area contributed by atoms with E-state index in [-0.39, 0.29) is 6.61 Å². The molecule has 1 spiro atoms. The first-order valence-electron chi connectivity index (χ1n) is 7.95. The maximum Gasteiger partial charge on any atom is 0.231 e. The van der Waals surface area contributed by atoms with E-state index < -0.39 is 29.2 Å². The molecule has 4 rings (SSSR count). The number of aliphatic hydroxyl groups is 3. The van der Waals surface area contributed by atoms with Crippen LogP contribution < -0.4 is 0 Å². The van der Waals surface area contributed by atoms with Crippen molar-refractivity contribution < 1.29 is 24.8 Å². The number of fused-ring (bicyclic) bond motifs is 2. The van der Waals surface area contributed by atoms with Crippen LogP contribution >= 0.6 is 0 Å². The SMILES string of the molecule is Cc1cccc(C23O[C@@H](CO)[C@@H](O)[C@@]2(O)C2(CCCC2)O3)c1. The zero-order chi connectivity index (χ0) is 15.6. The molecule has 3 aliphatic rings. The predicted octanol–water partition coefficient (Wildman–Crippen LogP) is 0.974. The summed E-state index contributed by atoms with van der Waals surface area (Å²) in [5.74, 6) is -1.38. The van der Waals surface area contributed by atoms with E-state index in [1.165, 1.54) is 0 Å². The highest BCUT2D eigenvalue weighted by Crippen LogP contribution is 2.68. The Morgan fingerprint density at radius 2 is 2.00 bits per heavy atom. The lowest BCUT2D eigenvalue weighted by Crippen LogP contribution is -2.80. The molecule has 0 radical (unpaired) electrons. The molecule has 1 aliphatic carbocycles. The minimum Gasteiger partial charge on any atom is -0.394 e. The topological polar surface area (TPSA) is 79.2 Å². The van der Waals surface area contributed by atoms with Crippen molar-refractivity contribution in [2.24, 2.45) is 0 Å². The maximum absolute atomic E-state index is 11.5. The van der Waals surface area contributed by atoms with Crippen LogP contribution in [0, 0.1) is 6.92 Å². The first-order valence-corrected chi connectivity index (χ1v) is 7.95. The van der Waals surface area contributed by atoms with Crippen LogP contribution in [0.3, 0.4) is 0 Å². The van der Waals surface area contributed by atoms with E-state index in [0.717, 1.165) is 18.4 Å². The number of rotatable bonds is 2. The Morgan fingerprint density at radius 1 is 1.27 bits per heavy atom. The van der Waals surface area contributed by atoms with Gasteiger partial charge < -0.3 is 24.8 Å². The summed E-state index contributed by atoms with van der Waals surface area (Å²) in [6.07, 6.45) is 1.33. The highest BCUT2D eigenvalue weighted by atomic mass is 16.8. The van der Waals surface area contributed by atoms with Crippen molar-refractivity contribution in [1.29, 1.82) is 0 Å². The quantitative estimate of drug-likeness (QED) is 0.759. The van der Waals surface area contributed by atoms with Crippen molar-refractivity contribution in [2.45, 2.75) is 61.8 Å². The van der Waals surface area contributed by atoms with Gasteiger partial charge in [-0.25, -0.2) is 0 Å². The third-order valence-electron chi connectivity index (χ3n) is 5.62. The second-order valence-electron chi connectivity index (χ2n) is 6.84. The molecule has 0 bridgehead atoms. The summed E-state index contributed by atoms with van der Waals surface area (Å²) in [6.45, 7) is 1.61. The molecule has 1 aromatic rings. The zero-order valence-corrected chi connectivity index (χ0v) is 12.7. The molecular weight excluding hydrogens is 284 g/mol. The molecule has 1 unspecified atom stereocenters. The predicted molar refractivity (Wildman–Crippen MR) is 78.1 cm³/mol. The Labute approximate surface area is 129 Å². The van der Waals surface area contributed by atoms with Gasteiger partial charge in [0.15, 0.2) is 5.60 Å². The molecule has 2 aliphatic heterocycles. The van der Waals surface area contributed by atoms with Gasteiger partial charge in [-0.2, -0.15) is 0 Å². The van der Waals surface area contributed by atoms with Crippen LogP contribution in [-0.2, 0) is 15.3 Å². The maximum atomic E-state index is 11.5. The van der Waals surface area contributed by atoms with Crippen LogP contribution in [0.15, 0.2) is 24.3 Å². The Kier molecular flexibility index (Phi) is 3.00. The van der Waals surface area contributed by atoms with Gasteiger partial charge in [0.05, 0.1) is 6.61 Å². The second kappa shape index (κ2) is 4.52. The van der Waals surface area contributed by atoms with Crippen LogP contribution in [0.5, 0.6) is 0 Å². The van der Waals surface area contributed by atoms with Crippen LogP contribution in [0.2, 0.25) is 0 Å². The van der Waals surface area contributed by atoms with E-state index in [2.05, 4.69) is 0 Å². The van der Waals surface area contributed by atoms with Gasteiger partial charge in [-0.15, -0.1) is 0 Å². The molecule has 2 saturated heterocycles. The van der Waals surface area contributed by atoms with Crippen molar-refractivity contribution in [3.05, 3.63) is 35.4 Å². The lowest BCUT2D eigenvalue weighted by atomic mass is 9.64. The van der Waals surface area contributed by atoms with Crippen molar-refractivity contribution in [3.8, 4) is 0 Å². The van der Waals surface area contributed by atoms with Gasteiger partial charge in [0.1, 0.15) is 17.8 Å². The molecule has 120 valence electrons. The van der Waals surface area contributed by atoms with Gasteiger partial charge in [-0.05, 0) is 19.8 Å². The van der Waals surface area contributed by atoms with E-state index in [1.807, 2.05) is 31.2 Å². The number of ether oxygens (including phenoxy) is 2. The number of hydrogen-bond acceptors (Lipinski definition) is 5. The lowest BCUT2D eigenvalue weighted by Gasteiger charge is -2.63. The minimum absolute atomic E-state index is 0.351. The van der Waals surface area contributed by atoms with Crippen LogP contribution in [0.1, 0.15) is 36.8 Å². The summed E-state index contributed by atoms with van der Waals surface area (Å²) in [5.41, 5.74) is -0.559. The van der Waals surface area contributed by atoms with Gasteiger partial charge in [0, 0.05) is 5.56 Å². The molecule has 3 fully saturated rings. The molecule has 2 heterocycles. The van der Waals surface area contributed by atoms with Crippen molar-refractivity contribution in [1.82, 2.24) is 0 Å². The molecule has 0 aromatic heterocycles. The molecule has 4 atom stereocenters. The molecule has 1 aromatic carbocycles. The molecule has 5 nitrogen and oxygen atoms in total. The Hall–Kier alpha value is -0.980. The highest BCUT2D eigenvalue weighted by molar-refractivity contribution is 5.39. The average Bonchev–Trinajstić information content (AvgIpc) is 3.06. The first kappa shape index (κ1) is 14.6. The zero-order valence-electron chi connectivity index (χ0n) is 12.7. The molecule has 5 heteroatoms. The molecule has 22 heavy (non-hydrogen) atoms. The first-order chi connectivity index (χ1) is 10.5. The van der Waals surface area contributed by atoms with E-state index in [4.69, 9.17) is 9.47 Å². The smallest absolute Gasteiger partial charge is 0.231 e. The summed E-state index contributed by atoms with van der Waals surface area (Å²) < 4.78 is 12.1. The van der Waals surface area contributed by atoms with E-state index in [0.29, 0.717) is 18.4 Å². The van der Waals surface area contributed by atoms with E-state index >= 15 is 0 Å². The monoisotopic (exact) mass is 306 g/mol. The Bertz CT molecular complexity index is 596. The number of aryl methyl sites for hydroxylation is 1. The van der Waals surface area contributed by atoms with Gasteiger partial charge in [0.2, 0.25) is 5.79 Å². The largest absolute Gasteiger partial charge is 0.394 e. The van der Waals surface area contributed by atoms with Crippen molar-refractivity contribution in [3.63, 3.8) is 0 Å². The van der Waals surface area contributed by atoms with E-state index in [9.17, 15) is 15.3 Å². The minimum atomic E-state index is -1.52. The van der Waals surface area contributed by atoms with E-state index in [1.54, 1.807) is 0 Å². The normalized spacial score (nSPS) is 42.4. The van der Waals surface area contributed by atoms with Crippen LogP contribution in [0.4, 0.5) is 0 Å². The van der Waals surface area contributed by atoms with Crippen LogP contribution in [0.25, 0.3) is 0 Å². The third kappa shape index (κ3) is 1.46. The fourth-order valence-corrected chi connectivity index (χ4v) is 4.57. The summed E-state index contributed by atoms with van der Waals surface area (Å²) in [7, 11) is 0. The van der Waals surface area contributed by atoms with Gasteiger partial charge in [-0.3, -0.25) is 0 Å². The summed E-state index contributed by atoms with van der Waals surface area (Å²) >= 11 is 0. The highest BCUT2D eigenvalue weighted by Gasteiger charge is 2.84. The third-order valence-corrected chi connectivity index (χ3v) is 5.62. The number of hydrogen-bond donors (Lipinski definition) is 3. The Balaban J connectivity index is 1.84. The molecule has 1 saturated carbocycles. The van der Waals surface area contributed by atoms with Crippen LogP contribution in [-0.4, -0.2) is 45.3 Å². The molecule has 0 amide bonds. The van der Waals surface area contributed by atoms with Gasteiger partial charge in [0.25, 0.3) is 0 Å². The summed E-state index contributed by atoms with van der Waals surface area (Å²) in [6, 6.07) is 7.58. The van der Waals surface area contributed by atoms with Crippen molar-refractivity contribution in [2.75, 3.05) is 6.61 Å². The van der Waals surface area contributed by atoms with Gasteiger partial charge in [-0.1, -0.05) is 42.7 Å². The molecule has 3 N–H and O–H groups in total. The molecular formula is C17H22O5. The van der Waals surface area contributed by atoms with Gasteiger partial charge >= 0.3 is 0 Å². The lowest BCUT2D eigenvalue weighted by molar-refractivity contribution is -0.475. The van der Waals surface area contributed by atoms with Crippen molar-refractivity contribution >= 4 is 0 Å².